The number of pyridine rings is 1. The minimum Gasteiger partial charge on any atom is -0.398 e. The van der Waals surface area contributed by atoms with Gasteiger partial charge < -0.3 is 10.6 Å². The molecule has 0 radical (unpaired) electrons. The van der Waals surface area contributed by atoms with Crippen molar-refractivity contribution in [3.05, 3.63) is 24.0 Å². The van der Waals surface area contributed by atoms with E-state index in [2.05, 4.69) is 14.8 Å². The number of carbonyl (C=O) groups excluding carboxylic acids is 1. The van der Waals surface area contributed by atoms with Crippen molar-refractivity contribution in [2.75, 3.05) is 39.5 Å². The lowest BCUT2D eigenvalue weighted by Crippen LogP contribution is -2.53. The first-order valence-corrected chi connectivity index (χ1v) is 6.18. The number of piperazine rings is 1. The number of rotatable bonds is 3. The van der Waals surface area contributed by atoms with Gasteiger partial charge in [-0.2, -0.15) is 0 Å². The van der Waals surface area contributed by atoms with Crippen molar-refractivity contribution in [3.8, 4) is 0 Å². The molecule has 18 heavy (non-hydrogen) atoms. The molecule has 98 valence electrons. The van der Waals surface area contributed by atoms with E-state index < -0.39 is 0 Å². The summed E-state index contributed by atoms with van der Waals surface area (Å²) in [5, 5.41) is 0. The maximum atomic E-state index is 12.3. The second-order valence-electron chi connectivity index (χ2n) is 4.98. The molecule has 1 aliphatic heterocycles. The number of nitrogens with zero attached hydrogens (tertiary/aromatic N) is 3. The van der Waals surface area contributed by atoms with Crippen LogP contribution in [0.2, 0.25) is 0 Å². The second kappa shape index (κ2) is 5.46. The Morgan fingerprint density at radius 3 is 3.00 bits per heavy atom. The smallest absolute Gasteiger partial charge is 0.155 e. The number of hydrogen-bond acceptors (Lipinski definition) is 5. The number of carbonyl (C=O) groups is 1. The van der Waals surface area contributed by atoms with Crippen molar-refractivity contribution in [3.63, 3.8) is 0 Å². The minimum atomic E-state index is -0.0386. The Labute approximate surface area is 108 Å². The highest BCUT2D eigenvalue weighted by molar-refractivity contribution is 5.87. The molecule has 1 aromatic rings. The number of aromatic nitrogens is 1. The molecule has 1 saturated heterocycles. The number of hydrogen-bond donors (Lipinski definition) is 1. The highest BCUT2D eigenvalue weighted by Gasteiger charge is 2.28. The van der Waals surface area contributed by atoms with Crippen LogP contribution in [0.5, 0.6) is 0 Å². The summed E-state index contributed by atoms with van der Waals surface area (Å²) in [7, 11) is 4.05. The first-order valence-electron chi connectivity index (χ1n) is 6.18. The van der Waals surface area contributed by atoms with Crippen LogP contribution in [0.4, 0.5) is 5.69 Å². The van der Waals surface area contributed by atoms with Crippen molar-refractivity contribution in [1.82, 2.24) is 14.8 Å². The zero-order valence-electron chi connectivity index (χ0n) is 11.0. The molecule has 0 spiro atoms. The maximum Gasteiger partial charge on any atom is 0.155 e. The predicted octanol–water partition coefficient (Wildman–Crippen LogP) is 0.0212. The van der Waals surface area contributed by atoms with E-state index in [9.17, 15) is 4.79 Å². The van der Waals surface area contributed by atoms with Gasteiger partial charge in [0.25, 0.3) is 0 Å². The summed E-state index contributed by atoms with van der Waals surface area (Å²) in [6.45, 7) is 2.72. The van der Waals surface area contributed by atoms with Gasteiger partial charge in [0, 0.05) is 49.7 Å². The van der Waals surface area contributed by atoms with Crippen LogP contribution in [-0.2, 0) is 11.2 Å². The predicted molar refractivity (Wildman–Crippen MR) is 71.3 cm³/mol. The van der Waals surface area contributed by atoms with E-state index in [-0.39, 0.29) is 11.8 Å². The van der Waals surface area contributed by atoms with Crippen molar-refractivity contribution in [1.29, 1.82) is 0 Å². The van der Waals surface area contributed by atoms with Gasteiger partial charge >= 0.3 is 0 Å². The summed E-state index contributed by atoms with van der Waals surface area (Å²) in [5.74, 6) is 0.212. The molecule has 1 aliphatic rings. The Kier molecular flexibility index (Phi) is 3.93. The third-order valence-electron chi connectivity index (χ3n) is 3.53. The zero-order valence-corrected chi connectivity index (χ0v) is 11.0. The largest absolute Gasteiger partial charge is 0.398 e. The lowest BCUT2D eigenvalue weighted by molar-refractivity contribution is -0.125. The normalized spacial score (nSPS) is 22.0. The van der Waals surface area contributed by atoms with Gasteiger partial charge in [-0.3, -0.25) is 14.7 Å². The van der Waals surface area contributed by atoms with Crippen LogP contribution >= 0.6 is 0 Å². The molecule has 1 fully saturated rings. The molecule has 1 unspecified atom stereocenters. The van der Waals surface area contributed by atoms with Crippen LogP contribution in [0.25, 0.3) is 0 Å². The number of ketones is 1. The molecular weight excluding hydrogens is 228 g/mol. The van der Waals surface area contributed by atoms with Crippen LogP contribution in [-0.4, -0.2) is 60.3 Å². The molecule has 2 rings (SSSR count). The number of anilines is 1. The minimum absolute atomic E-state index is 0.0386. The summed E-state index contributed by atoms with van der Waals surface area (Å²) in [4.78, 5) is 20.7. The average Bonchev–Trinajstić information content (AvgIpc) is 2.35. The third-order valence-corrected chi connectivity index (χ3v) is 3.53. The van der Waals surface area contributed by atoms with Gasteiger partial charge in [-0.05, 0) is 20.2 Å². The molecule has 0 aliphatic carbocycles. The van der Waals surface area contributed by atoms with Gasteiger partial charge in [0.15, 0.2) is 5.78 Å². The molecule has 2 heterocycles. The van der Waals surface area contributed by atoms with E-state index >= 15 is 0 Å². The van der Waals surface area contributed by atoms with E-state index in [0.717, 1.165) is 25.2 Å². The molecule has 1 atom stereocenters. The standard InChI is InChI=1S/C13H20N4O/c1-16-5-6-17(2)12(9-16)13(18)7-10-8-15-4-3-11(10)14/h3-4,8,12H,5-7,9H2,1-2H3,(H2,14,15). The Balaban J connectivity index is 2.05. The summed E-state index contributed by atoms with van der Waals surface area (Å²) in [6, 6.07) is 1.70. The lowest BCUT2D eigenvalue weighted by Gasteiger charge is -2.36. The zero-order chi connectivity index (χ0) is 13.1. The fourth-order valence-corrected chi connectivity index (χ4v) is 2.25. The van der Waals surface area contributed by atoms with Gasteiger partial charge in [0.2, 0.25) is 0 Å². The van der Waals surface area contributed by atoms with E-state index in [1.165, 1.54) is 0 Å². The van der Waals surface area contributed by atoms with Gasteiger partial charge in [-0.25, -0.2) is 0 Å². The average molecular weight is 248 g/mol. The second-order valence-corrected chi connectivity index (χ2v) is 4.98. The van der Waals surface area contributed by atoms with Gasteiger partial charge in [-0.15, -0.1) is 0 Å². The molecule has 2 N–H and O–H groups in total. The summed E-state index contributed by atoms with van der Waals surface area (Å²) in [5.41, 5.74) is 7.31. The highest BCUT2D eigenvalue weighted by atomic mass is 16.1. The van der Waals surface area contributed by atoms with E-state index in [4.69, 9.17) is 5.73 Å². The monoisotopic (exact) mass is 248 g/mol. The van der Waals surface area contributed by atoms with Crippen LogP contribution in [0.1, 0.15) is 5.56 Å². The molecule has 0 saturated carbocycles. The summed E-state index contributed by atoms with van der Waals surface area (Å²) >= 11 is 0. The van der Waals surface area contributed by atoms with Crippen LogP contribution in [0, 0.1) is 0 Å². The Hall–Kier alpha value is -1.46. The highest BCUT2D eigenvalue weighted by Crippen LogP contribution is 2.14. The fraction of sp³-hybridized carbons (Fsp3) is 0.538. The Morgan fingerprint density at radius 2 is 2.28 bits per heavy atom. The number of Topliss-reactive ketones (excluding diaryl/α,β-unsaturated/α-hetero) is 1. The first-order chi connectivity index (χ1) is 8.58. The fourth-order valence-electron chi connectivity index (χ4n) is 2.25. The SMILES string of the molecule is CN1CCN(C)C(C(=O)Cc2cnccc2N)C1. The maximum absolute atomic E-state index is 12.3. The number of nitrogens with two attached hydrogens (primary N) is 1. The van der Waals surface area contributed by atoms with E-state index in [1.54, 1.807) is 18.5 Å². The van der Waals surface area contributed by atoms with Crippen molar-refractivity contribution >= 4 is 11.5 Å². The summed E-state index contributed by atoms with van der Waals surface area (Å²) < 4.78 is 0. The number of nitrogen functional groups attached to an aromatic ring is 1. The Bertz CT molecular complexity index is 435. The Morgan fingerprint density at radius 1 is 1.50 bits per heavy atom. The van der Waals surface area contributed by atoms with Gasteiger partial charge in [0.05, 0.1) is 6.04 Å². The van der Waals surface area contributed by atoms with Gasteiger partial charge in [-0.1, -0.05) is 0 Å². The van der Waals surface area contributed by atoms with Gasteiger partial charge in [0.1, 0.15) is 0 Å². The molecule has 5 nitrogen and oxygen atoms in total. The van der Waals surface area contributed by atoms with E-state index in [0.29, 0.717) is 12.1 Å². The molecule has 5 heteroatoms. The van der Waals surface area contributed by atoms with Crippen molar-refractivity contribution in [2.24, 2.45) is 0 Å². The molecule has 0 amide bonds. The van der Waals surface area contributed by atoms with Crippen molar-refractivity contribution < 1.29 is 4.79 Å². The van der Waals surface area contributed by atoms with Crippen molar-refractivity contribution in [2.45, 2.75) is 12.5 Å². The van der Waals surface area contributed by atoms with Crippen LogP contribution in [0.3, 0.4) is 0 Å². The third kappa shape index (κ3) is 2.86. The number of likely N-dealkylation sites (N-methyl/N-ethyl adjacent to an activating group) is 2. The molecule has 0 bridgehead atoms. The molecule has 0 aromatic carbocycles. The summed E-state index contributed by atoms with van der Waals surface area (Å²) in [6.07, 6.45) is 3.69. The van der Waals surface area contributed by atoms with Crippen LogP contribution in [0.15, 0.2) is 18.5 Å². The quantitative estimate of drug-likeness (QED) is 0.817. The lowest BCUT2D eigenvalue weighted by atomic mass is 10.0. The molecular formula is C13H20N4O. The molecule has 1 aromatic heterocycles. The first kappa shape index (κ1) is 13.0. The van der Waals surface area contributed by atoms with Crippen LogP contribution < -0.4 is 5.73 Å². The van der Waals surface area contributed by atoms with E-state index in [1.807, 2.05) is 14.1 Å². The topological polar surface area (TPSA) is 62.5 Å².